The zero-order valence-corrected chi connectivity index (χ0v) is 20.7. The second kappa shape index (κ2) is 10.1. The van der Waals surface area contributed by atoms with Gasteiger partial charge in [-0.1, -0.05) is 0 Å². The third-order valence-electron chi connectivity index (χ3n) is 6.79. The number of piperidine rings is 1. The van der Waals surface area contributed by atoms with Crippen LogP contribution in [0.3, 0.4) is 0 Å². The Morgan fingerprint density at radius 2 is 1.97 bits per heavy atom. The lowest BCUT2D eigenvalue weighted by Gasteiger charge is -2.23. The number of carbonyl (C=O) groups excluding carboxylic acids is 1. The molecule has 0 unspecified atom stereocenters. The van der Waals surface area contributed by atoms with Crippen LogP contribution in [-0.4, -0.2) is 63.2 Å². The molecule has 2 aliphatic rings. The van der Waals surface area contributed by atoms with Gasteiger partial charge in [0.2, 0.25) is 5.88 Å². The molecule has 0 aliphatic carbocycles. The first-order chi connectivity index (χ1) is 18.2. The zero-order valence-electron chi connectivity index (χ0n) is 20.7. The standard InChI is InChI=1S/C27H29N7O3/c1-34-27-21(15-30-34)23-14-20-22(32-33-24(20)16-29-23)5-3-17-13-18(4-6-25(17)36-11-2-12-37-27)26(35)31-19-7-9-28-10-8-19/h3-6,13-16,19,28H,2,7-12H2,1H3,(H,31,35)(H,32,33)/b5-3+. The van der Waals surface area contributed by atoms with Crippen molar-refractivity contribution in [1.82, 2.24) is 35.6 Å². The van der Waals surface area contributed by atoms with Crippen LogP contribution in [0.15, 0.2) is 36.7 Å². The van der Waals surface area contributed by atoms with Gasteiger partial charge in [-0.25, -0.2) is 4.68 Å². The molecule has 6 rings (SSSR count). The van der Waals surface area contributed by atoms with Crippen LogP contribution in [0.25, 0.3) is 34.3 Å². The Kier molecular flexibility index (Phi) is 6.32. The Morgan fingerprint density at radius 3 is 2.86 bits per heavy atom. The van der Waals surface area contributed by atoms with Gasteiger partial charge < -0.3 is 20.1 Å². The molecule has 0 spiro atoms. The van der Waals surface area contributed by atoms with E-state index in [4.69, 9.17) is 9.47 Å². The molecule has 1 fully saturated rings. The first kappa shape index (κ1) is 23.2. The van der Waals surface area contributed by atoms with Crippen molar-refractivity contribution in [3.63, 3.8) is 0 Å². The van der Waals surface area contributed by atoms with Gasteiger partial charge in [-0.2, -0.15) is 10.2 Å². The molecule has 10 heteroatoms. The molecule has 0 atom stereocenters. The zero-order chi connectivity index (χ0) is 25.2. The SMILES string of the molecule is Cn1ncc2c1OCCCOc1ccc(C(=O)NC3CCNCC3)cc1/C=C/c1n[nH]c3cnc-2cc13. The molecule has 2 bridgehead atoms. The molecule has 4 aromatic rings. The fraction of sp³-hybridized carbons (Fsp3) is 0.333. The first-order valence-corrected chi connectivity index (χ1v) is 12.6. The number of aromatic amines is 1. The number of nitrogens with one attached hydrogen (secondary N) is 3. The van der Waals surface area contributed by atoms with Gasteiger partial charge in [0.15, 0.2) is 0 Å². The third-order valence-corrected chi connectivity index (χ3v) is 6.79. The molecule has 3 N–H and O–H groups in total. The second-order valence-electron chi connectivity index (χ2n) is 9.35. The summed E-state index contributed by atoms with van der Waals surface area (Å²) in [6.07, 6.45) is 9.96. The molecular formula is C27H29N7O3. The molecule has 190 valence electrons. The molecule has 10 nitrogen and oxygen atoms in total. The Labute approximate surface area is 214 Å². The lowest BCUT2D eigenvalue weighted by Crippen LogP contribution is -2.42. The summed E-state index contributed by atoms with van der Waals surface area (Å²) in [5.41, 5.74) is 4.58. The van der Waals surface area contributed by atoms with Crippen LogP contribution >= 0.6 is 0 Å². The minimum atomic E-state index is -0.0697. The summed E-state index contributed by atoms with van der Waals surface area (Å²) < 4.78 is 13.9. The average molecular weight is 500 g/mol. The number of fused-ring (bicyclic) bond motifs is 4. The van der Waals surface area contributed by atoms with E-state index in [1.807, 2.05) is 43.5 Å². The van der Waals surface area contributed by atoms with Gasteiger partial charge in [-0.05, 0) is 62.3 Å². The van der Waals surface area contributed by atoms with E-state index < -0.39 is 0 Å². The lowest BCUT2D eigenvalue weighted by atomic mass is 10.0. The summed E-state index contributed by atoms with van der Waals surface area (Å²) >= 11 is 0. The van der Waals surface area contributed by atoms with E-state index >= 15 is 0 Å². The number of aryl methyl sites for hydroxylation is 1. The molecule has 0 saturated carbocycles. The number of carbonyl (C=O) groups is 1. The van der Waals surface area contributed by atoms with Crippen molar-refractivity contribution in [2.75, 3.05) is 26.3 Å². The molecule has 2 aliphatic heterocycles. The summed E-state index contributed by atoms with van der Waals surface area (Å²) in [5.74, 6) is 1.29. The molecule has 37 heavy (non-hydrogen) atoms. The summed E-state index contributed by atoms with van der Waals surface area (Å²) in [5, 5.41) is 19.3. The predicted molar refractivity (Wildman–Crippen MR) is 140 cm³/mol. The van der Waals surface area contributed by atoms with Gasteiger partial charge in [-0.3, -0.25) is 14.9 Å². The quantitative estimate of drug-likeness (QED) is 0.388. The number of benzene rings is 1. The lowest BCUT2D eigenvalue weighted by molar-refractivity contribution is 0.0929. The number of ether oxygens (including phenoxy) is 2. The molecular weight excluding hydrogens is 470 g/mol. The van der Waals surface area contributed by atoms with Gasteiger partial charge >= 0.3 is 0 Å². The molecule has 3 aromatic heterocycles. The topological polar surface area (TPSA) is 119 Å². The van der Waals surface area contributed by atoms with E-state index in [0.717, 1.165) is 59.3 Å². The summed E-state index contributed by atoms with van der Waals surface area (Å²) in [6, 6.07) is 7.73. The summed E-state index contributed by atoms with van der Waals surface area (Å²) in [7, 11) is 1.85. The van der Waals surface area contributed by atoms with E-state index in [9.17, 15) is 4.79 Å². The number of pyridine rings is 1. The minimum absolute atomic E-state index is 0.0697. The van der Waals surface area contributed by atoms with Gasteiger partial charge in [-0.15, -0.1) is 0 Å². The van der Waals surface area contributed by atoms with Crippen molar-refractivity contribution in [3.05, 3.63) is 53.5 Å². The predicted octanol–water partition coefficient (Wildman–Crippen LogP) is 3.17. The van der Waals surface area contributed by atoms with Crippen LogP contribution in [0.2, 0.25) is 0 Å². The number of hydrogen-bond acceptors (Lipinski definition) is 7. The van der Waals surface area contributed by atoms with Crippen LogP contribution in [0.4, 0.5) is 0 Å². The Balaban J connectivity index is 1.36. The van der Waals surface area contributed by atoms with Crippen molar-refractivity contribution in [1.29, 1.82) is 0 Å². The highest BCUT2D eigenvalue weighted by Crippen LogP contribution is 2.31. The van der Waals surface area contributed by atoms with Crippen LogP contribution < -0.4 is 20.1 Å². The third kappa shape index (κ3) is 4.79. The van der Waals surface area contributed by atoms with Crippen molar-refractivity contribution in [3.8, 4) is 22.9 Å². The number of rotatable bonds is 2. The fourth-order valence-corrected chi connectivity index (χ4v) is 4.75. The van der Waals surface area contributed by atoms with Gasteiger partial charge in [0.05, 0.1) is 48.1 Å². The second-order valence-corrected chi connectivity index (χ2v) is 9.35. The molecule has 1 aromatic carbocycles. The van der Waals surface area contributed by atoms with E-state index in [-0.39, 0.29) is 11.9 Å². The average Bonchev–Trinajstić information content (AvgIpc) is 3.50. The van der Waals surface area contributed by atoms with Crippen molar-refractivity contribution >= 4 is 29.0 Å². The number of hydrogen-bond donors (Lipinski definition) is 3. The normalized spacial score (nSPS) is 17.1. The minimum Gasteiger partial charge on any atom is -0.493 e. The number of H-pyrrole nitrogens is 1. The molecule has 0 radical (unpaired) electrons. The van der Waals surface area contributed by atoms with Crippen LogP contribution in [-0.2, 0) is 7.05 Å². The van der Waals surface area contributed by atoms with E-state index in [0.29, 0.717) is 36.8 Å². The van der Waals surface area contributed by atoms with E-state index in [1.165, 1.54) is 0 Å². The first-order valence-electron chi connectivity index (χ1n) is 12.6. The monoisotopic (exact) mass is 499 g/mol. The van der Waals surface area contributed by atoms with Crippen LogP contribution in [0, 0.1) is 0 Å². The van der Waals surface area contributed by atoms with Gasteiger partial charge in [0.1, 0.15) is 5.75 Å². The van der Waals surface area contributed by atoms with Crippen molar-refractivity contribution in [2.24, 2.45) is 7.05 Å². The summed E-state index contributed by atoms with van der Waals surface area (Å²) in [6.45, 7) is 2.78. The number of nitrogens with zero attached hydrogens (tertiary/aromatic N) is 4. The Bertz CT molecular complexity index is 1470. The Morgan fingerprint density at radius 1 is 1.11 bits per heavy atom. The highest BCUT2D eigenvalue weighted by Gasteiger charge is 2.18. The smallest absolute Gasteiger partial charge is 0.251 e. The summed E-state index contributed by atoms with van der Waals surface area (Å²) in [4.78, 5) is 17.6. The van der Waals surface area contributed by atoms with Crippen LogP contribution in [0.1, 0.15) is 40.9 Å². The maximum absolute atomic E-state index is 13.0. The van der Waals surface area contributed by atoms with Crippen molar-refractivity contribution in [2.45, 2.75) is 25.3 Å². The van der Waals surface area contributed by atoms with Crippen LogP contribution in [0.5, 0.6) is 11.6 Å². The largest absolute Gasteiger partial charge is 0.493 e. The van der Waals surface area contributed by atoms with Crippen molar-refractivity contribution < 1.29 is 14.3 Å². The fourth-order valence-electron chi connectivity index (χ4n) is 4.75. The molecule has 5 heterocycles. The Hall–Kier alpha value is -4.18. The van der Waals surface area contributed by atoms with E-state index in [1.54, 1.807) is 17.1 Å². The molecule has 1 amide bonds. The maximum atomic E-state index is 13.0. The number of amides is 1. The van der Waals surface area contributed by atoms with Gasteiger partial charge in [0, 0.05) is 36.0 Å². The van der Waals surface area contributed by atoms with E-state index in [2.05, 4.69) is 30.9 Å². The molecule has 1 saturated heterocycles. The number of aromatic nitrogens is 5. The van der Waals surface area contributed by atoms with Gasteiger partial charge in [0.25, 0.3) is 5.91 Å². The maximum Gasteiger partial charge on any atom is 0.251 e. The highest BCUT2D eigenvalue weighted by molar-refractivity contribution is 5.96. The highest BCUT2D eigenvalue weighted by atomic mass is 16.5.